The van der Waals surface area contributed by atoms with Crippen molar-refractivity contribution in [3.05, 3.63) is 54.6 Å². The number of nitrogens with zero attached hydrogens (tertiary/aromatic N) is 2. The molecule has 0 radical (unpaired) electrons. The largest absolute Gasteiger partial charge is 0.405 e. The van der Waals surface area contributed by atoms with Crippen molar-refractivity contribution in [1.29, 1.82) is 0 Å². The second-order valence-electron chi connectivity index (χ2n) is 10.2. The van der Waals surface area contributed by atoms with Gasteiger partial charge in [0.15, 0.2) is 0 Å². The van der Waals surface area contributed by atoms with Gasteiger partial charge in [-0.15, -0.1) is 0 Å². The van der Waals surface area contributed by atoms with E-state index in [1.807, 2.05) is 48.0 Å². The summed E-state index contributed by atoms with van der Waals surface area (Å²) >= 11 is 0. The topological polar surface area (TPSA) is 83.4 Å². The van der Waals surface area contributed by atoms with Crippen LogP contribution in [0.3, 0.4) is 0 Å². The number of aryl methyl sites for hydroxylation is 1. The first-order chi connectivity index (χ1) is 18.0. The van der Waals surface area contributed by atoms with Gasteiger partial charge in [0.25, 0.3) is 0 Å². The van der Waals surface area contributed by atoms with Crippen LogP contribution in [0.2, 0.25) is 0 Å². The fourth-order valence-corrected chi connectivity index (χ4v) is 6.86. The van der Waals surface area contributed by atoms with Crippen molar-refractivity contribution in [3.63, 3.8) is 0 Å². The van der Waals surface area contributed by atoms with Gasteiger partial charge >= 0.3 is 6.18 Å². The number of rotatable bonds is 5. The van der Waals surface area contributed by atoms with E-state index in [0.29, 0.717) is 25.7 Å². The molecule has 11 heteroatoms. The number of hydrogen-bond acceptors (Lipinski definition) is 4. The number of hydrogen-bond donors (Lipinski definition) is 2. The van der Waals surface area contributed by atoms with Crippen LogP contribution < -0.4 is 10.0 Å². The lowest BCUT2D eigenvalue weighted by Crippen LogP contribution is -2.59. The van der Waals surface area contributed by atoms with E-state index in [9.17, 15) is 26.4 Å². The molecule has 1 saturated carbocycles. The van der Waals surface area contributed by atoms with Gasteiger partial charge < -0.3 is 14.8 Å². The highest BCUT2D eigenvalue weighted by molar-refractivity contribution is 7.89. The Morgan fingerprint density at radius 3 is 2.42 bits per heavy atom. The highest BCUT2D eigenvalue weighted by atomic mass is 32.2. The van der Waals surface area contributed by atoms with Crippen molar-refractivity contribution < 1.29 is 26.4 Å². The third-order valence-electron chi connectivity index (χ3n) is 7.68. The number of carbonyl (C=O) groups is 1. The Kier molecular flexibility index (Phi) is 7.27. The molecular formula is C27H31F3N4O3S. The van der Waals surface area contributed by atoms with Gasteiger partial charge in [0.2, 0.25) is 15.9 Å². The third-order valence-corrected chi connectivity index (χ3v) is 9.20. The lowest BCUT2D eigenvalue weighted by atomic mass is 9.85. The zero-order valence-electron chi connectivity index (χ0n) is 21.0. The second-order valence-corrected chi connectivity index (χ2v) is 11.9. The van der Waals surface area contributed by atoms with Crippen LogP contribution >= 0.6 is 0 Å². The van der Waals surface area contributed by atoms with E-state index < -0.39 is 22.2 Å². The minimum Gasteiger partial charge on any atom is -0.344 e. The van der Waals surface area contributed by atoms with Crippen LogP contribution in [0.5, 0.6) is 0 Å². The number of alkyl halides is 3. The number of piperazine rings is 1. The Hall–Kier alpha value is -2.89. The zero-order valence-corrected chi connectivity index (χ0v) is 21.9. The maximum atomic E-state index is 13.2. The van der Waals surface area contributed by atoms with Gasteiger partial charge in [-0.2, -0.15) is 13.2 Å². The highest BCUT2D eigenvalue weighted by Gasteiger charge is 2.43. The molecule has 3 aromatic rings. The number of carbonyl (C=O) groups excluding carboxylic acids is 1. The number of amides is 1. The van der Waals surface area contributed by atoms with Crippen molar-refractivity contribution in [2.75, 3.05) is 19.6 Å². The van der Waals surface area contributed by atoms with Crippen molar-refractivity contribution in [2.45, 2.75) is 48.8 Å². The van der Waals surface area contributed by atoms with Gasteiger partial charge in [-0.1, -0.05) is 36.4 Å². The SMILES string of the molecule is Cn1c(-c2ccccc2)cc2ccc(S(=O)(=O)N[C@H]3CC[C@H](C(=O)N4CCN[C@H](C(F)(F)F)C4)CC3)cc21. The smallest absolute Gasteiger partial charge is 0.344 e. The quantitative estimate of drug-likeness (QED) is 0.504. The van der Waals surface area contributed by atoms with E-state index in [4.69, 9.17) is 0 Å². The summed E-state index contributed by atoms with van der Waals surface area (Å²) in [5.74, 6) is -0.663. The molecule has 1 aromatic heterocycles. The van der Waals surface area contributed by atoms with Crippen molar-refractivity contribution in [3.8, 4) is 11.3 Å². The Bertz CT molecular complexity index is 1410. The summed E-state index contributed by atoms with van der Waals surface area (Å²) < 4.78 is 70.5. The van der Waals surface area contributed by atoms with Crippen LogP contribution in [-0.2, 0) is 21.9 Å². The molecule has 2 aliphatic rings. The van der Waals surface area contributed by atoms with Crippen LogP contribution in [-0.4, -0.2) is 61.7 Å². The van der Waals surface area contributed by atoms with E-state index in [1.54, 1.807) is 18.2 Å². The number of nitrogens with one attached hydrogen (secondary N) is 2. The van der Waals surface area contributed by atoms with Crippen LogP contribution in [0.25, 0.3) is 22.2 Å². The molecule has 1 saturated heterocycles. The molecule has 2 fully saturated rings. The lowest BCUT2D eigenvalue weighted by molar-refractivity contribution is -0.169. The minimum atomic E-state index is -4.40. The number of aromatic nitrogens is 1. The molecule has 5 rings (SSSR count). The third kappa shape index (κ3) is 5.45. The average molecular weight is 549 g/mol. The summed E-state index contributed by atoms with van der Waals surface area (Å²) in [7, 11) is -1.89. The molecule has 0 spiro atoms. The number of halogens is 3. The van der Waals surface area contributed by atoms with Crippen LogP contribution in [0.4, 0.5) is 13.2 Å². The fraction of sp³-hybridized carbons (Fsp3) is 0.444. The predicted octanol–water partition coefficient (Wildman–Crippen LogP) is 4.05. The Morgan fingerprint density at radius 2 is 1.74 bits per heavy atom. The summed E-state index contributed by atoms with van der Waals surface area (Å²) in [6.07, 6.45) is -2.63. The first-order valence-electron chi connectivity index (χ1n) is 12.8. The molecule has 38 heavy (non-hydrogen) atoms. The minimum absolute atomic E-state index is 0.101. The van der Waals surface area contributed by atoms with Gasteiger partial charge in [0, 0.05) is 55.2 Å². The average Bonchev–Trinajstić information content (AvgIpc) is 3.24. The van der Waals surface area contributed by atoms with Crippen molar-refractivity contribution in [1.82, 2.24) is 19.5 Å². The first kappa shape index (κ1) is 26.7. The molecule has 1 aliphatic carbocycles. The Labute approximate surface area is 220 Å². The monoisotopic (exact) mass is 548 g/mol. The van der Waals surface area contributed by atoms with E-state index in [-0.39, 0.29) is 42.4 Å². The number of benzene rings is 2. The zero-order chi connectivity index (χ0) is 27.1. The van der Waals surface area contributed by atoms with E-state index in [2.05, 4.69) is 10.0 Å². The van der Waals surface area contributed by atoms with Crippen LogP contribution in [0.1, 0.15) is 25.7 Å². The number of fused-ring (bicyclic) bond motifs is 1. The number of sulfonamides is 1. The van der Waals surface area contributed by atoms with Crippen molar-refractivity contribution >= 4 is 26.8 Å². The molecule has 7 nitrogen and oxygen atoms in total. The van der Waals surface area contributed by atoms with Gasteiger partial charge in [0.05, 0.1) is 4.90 Å². The molecule has 1 atom stereocenters. The van der Waals surface area contributed by atoms with Gasteiger partial charge in [-0.3, -0.25) is 4.79 Å². The Morgan fingerprint density at radius 1 is 1.03 bits per heavy atom. The van der Waals surface area contributed by atoms with Gasteiger partial charge in [-0.25, -0.2) is 13.1 Å². The highest BCUT2D eigenvalue weighted by Crippen LogP contribution is 2.31. The maximum Gasteiger partial charge on any atom is 0.405 e. The lowest BCUT2D eigenvalue weighted by Gasteiger charge is -2.38. The standard InChI is InChI=1S/C27H31F3N4O3S/c1-33-23(18-5-3-2-4-6-18)15-20-9-12-22(16-24(20)33)38(36,37)32-21-10-7-19(8-11-21)26(35)34-14-13-31-25(17-34)27(28,29)30/h2-6,9,12,15-16,19,21,25,31-32H,7-8,10-11,13-14,17H2,1H3/t19-,21-,25-/m0/s1. The maximum absolute atomic E-state index is 13.2. The summed E-state index contributed by atoms with van der Waals surface area (Å²) in [4.78, 5) is 14.4. The molecule has 2 heterocycles. The predicted molar refractivity (Wildman–Crippen MR) is 139 cm³/mol. The summed E-state index contributed by atoms with van der Waals surface area (Å²) in [5, 5.41) is 3.36. The van der Waals surface area contributed by atoms with E-state index in [0.717, 1.165) is 22.2 Å². The molecule has 204 valence electrons. The molecule has 2 N–H and O–H groups in total. The van der Waals surface area contributed by atoms with Gasteiger partial charge in [0.1, 0.15) is 6.04 Å². The Balaban J connectivity index is 1.23. The molecule has 0 bridgehead atoms. The van der Waals surface area contributed by atoms with E-state index >= 15 is 0 Å². The van der Waals surface area contributed by atoms with Crippen LogP contribution in [0.15, 0.2) is 59.5 Å². The molecular weight excluding hydrogens is 517 g/mol. The van der Waals surface area contributed by atoms with E-state index in [1.165, 1.54) is 4.90 Å². The summed E-state index contributed by atoms with van der Waals surface area (Å²) in [5.41, 5.74) is 2.82. The van der Waals surface area contributed by atoms with Crippen LogP contribution in [0, 0.1) is 5.92 Å². The fourth-order valence-electron chi connectivity index (χ4n) is 5.54. The molecule has 0 unspecified atom stereocenters. The summed E-state index contributed by atoms with van der Waals surface area (Å²) in [6, 6.07) is 14.9. The second kappa shape index (κ2) is 10.3. The normalized spacial score (nSPS) is 23.1. The van der Waals surface area contributed by atoms with Gasteiger partial charge in [-0.05, 0) is 49.4 Å². The first-order valence-corrected chi connectivity index (χ1v) is 14.3. The van der Waals surface area contributed by atoms with Crippen molar-refractivity contribution in [2.24, 2.45) is 13.0 Å². The molecule has 1 amide bonds. The molecule has 1 aliphatic heterocycles. The summed E-state index contributed by atoms with van der Waals surface area (Å²) in [6.45, 7) is -0.0442. The molecule has 2 aromatic carbocycles.